The lowest BCUT2D eigenvalue weighted by Gasteiger charge is -2.26. The zero-order valence-electron chi connectivity index (χ0n) is 13.7. The van der Waals surface area contributed by atoms with Gasteiger partial charge in [-0.2, -0.15) is 10.2 Å². The summed E-state index contributed by atoms with van der Waals surface area (Å²) in [4.78, 5) is 8.63. The van der Waals surface area contributed by atoms with Crippen molar-refractivity contribution in [3.05, 3.63) is 46.6 Å². The van der Waals surface area contributed by atoms with Gasteiger partial charge < -0.3 is 15.7 Å². The van der Waals surface area contributed by atoms with E-state index >= 15 is 0 Å². The first-order valence-corrected chi connectivity index (χ1v) is 8.72. The van der Waals surface area contributed by atoms with Crippen LogP contribution >= 0.6 is 11.6 Å². The van der Waals surface area contributed by atoms with Crippen molar-refractivity contribution in [3.63, 3.8) is 0 Å². The second kappa shape index (κ2) is 8.15. The summed E-state index contributed by atoms with van der Waals surface area (Å²) in [6.07, 6.45) is 4.55. The summed E-state index contributed by atoms with van der Waals surface area (Å²) >= 11 is 6.15. The van der Waals surface area contributed by atoms with Crippen LogP contribution in [0.15, 0.2) is 30.5 Å². The van der Waals surface area contributed by atoms with Crippen LogP contribution in [0.3, 0.4) is 0 Å². The molecule has 2 aromatic rings. The fourth-order valence-corrected chi connectivity index (χ4v) is 3.09. The van der Waals surface area contributed by atoms with Gasteiger partial charge in [0, 0.05) is 17.6 Å². The number of nitrogens with zero attached hydrogens (tertiary/aromatic N) is 3. The van der Waals surface area contributed by atoms with Crippen LogP contribution in [0.25, 0.3) is 0 Å². The van der Waals surface area contributed by atoms with Gasteiger partial charge in [-0.1, -0.05) is 29.8 Å². The maximum Gasteiger partial charge on any atom is 0.224 e. The molecule has 0 radical (unpaired) electrons. The molecule has 1 heterocycles. The van der Waals surface area contributed by atoms with Crippen LogP contribution in [0, 0.1) is 11.3 Å². The quantitative estimate of drug-likeness (QED) is 0.759. The number of aromatic nitrogens is 2. The molecule has 1 fully saturated rings. The molecule has 6 nitrogen and oxygen atoms in total. The highest BCUT2D eigenvalue weighted by molar-refractivity contribution is 6.31. The molecule has 1 aromatic heterocycles. The van der Waals surface area contributed by atoms with Crippen molar-refractivity contribution in [3.8, 4) is 6.07 Å². The van der Waals surface area contributed by atoms with Crippen molar-refractivity contribution in [2.24, 2.45) is 0 Å². The minimum Gasteiger partial charge on any atom is -0.393 e. The molecule has 0 aliphatic heterocycles. The molecular formula is C18H20ClN5O. The molecular weight excluding hydrogens is 338 g/mol. The van der Waals surface area contributed by atoms with Gasteiger partial charge in [0.25, 0.3) is 0 Å². The molecule has 0 spiro atoms. The molecule has 3 N–H and O–H groups in total. The predicted octanol–water partition coefficient (Wildman–Crippen LogP) is 3.33. The largest absolute Gasteiger partial charge is 0.393 e. The minimum absolute atomic E-state index is 0.210. The lowest BCUT2D eigenvalue weighted by atomic mass is 9.93. The molecule has 1 saturated carbocycles. The highest BCUT2D eigenvalue weighted by atomic mass is 35.5. The summed E-state index contributed by atoms with van der Waals surface area (Å²) in [6.45, 7) is 0.501. The fraction of sp³-hybridized carbons (Fsp3) is 0.389. The molecule has 0 unspecified atom stereocenters. The van der Waals surface area contributed by atoms with E-state index in [1.165, 1.54) is 6.20 Å². The molecule has 130 valence electrons. The highest BCUT2D eigenvalue weighted by Gasteiger charge is 2.20. The summed E-state index contributed by atoms with van der Waals surface area (Å²) in [5.41, 5.74) is 1.36. The first-order chi connectivity index (χ1) is 12.2. The fourth-order valence-electron chi connectivity index (χ4n) is 2.89. The summed E-state index contributed by atoms with van der Waals surface area (Å²) in [5.74, 6) is 0.970. The first kappa shape index (κ1) is 17.5. The number of aliphatic hydroxyl groups excluding tert-OH is 1. The summed E-state index contributed by atoms with van der Waals surface area (Å²) in [6, 6.07) is 9.91. The van der Waals surface area contributed by atoms with Crippen molar-refractivity contribution in [2.45, 2.75) is 44.4 Å². The van der Waals surface area contributed by atoms with Gasteiger partial charge in [-0.3, -0.25) is 0 Å². The van der Waals surface area contributed by atoms with Crippen molar-refractivity contribution in [1.82, 2.24) is 9.97 Å². The topological polar surface area (TPSA) is 93.9 Å². The van der Waals surface area contributed by atoms with Crippen LogP contribution < -0.4 is 10.6 Å². The summed E-state index contributed by atoms with van der Waals surface area (Å²) < 4.78 is 0. The number of hydrogen-bond donors (Lipinski definition) is 3. The zero-order chi connectivity index (χ0) is 17.6. The average molecular weight is 358 g/mol. The zero-order valence-corrected chi connectivity index (χ0v) is 14.5. The van der Waals surface area contributed by atoms with E-state index in [9.17, 15) is 10.4 Å². The van der Waals surface area contributed by atoms with Crippen LogP contribution in [0.5, 0.6) is 0 Å². The van der Waals surface area contributed by atoms with Crippen LogP contribution in [-0.4, -0.2) is 27.2 Å². The molecule has 1 aliphatic rings. The number of aliphatic hydroxyl groups is 1. The number of rotatable bonds is 5. The summed E-state index contributed by atoms with van der Waals surface area (Å²) in [5, 5.41) is 26.0. The standard InChI is InChI=1S/C18H20ClN5O/c19-16-4-2-1-3-12(16)10-21-18-22-11-13(9-20)17(24-18)23-14-5-7-15(25)8-6-14/h1-4,11,14-15,25H,5-8,10H2,(H2,21,22,23,24)/t14-,15+. The molecule has 1 aliphatic carbocycles. The van der Waals surface area contributed by atoms with Gasteiger partial charge in [-0.05, 0) is 37.3 Å². The smallest absolute Gasteiger partial charge is 0.224 e. The van der Waals surface area contributed by atoms with E-state index in [-0.39, 0.29) is 12.1 Å². The van der Waals surface area contributed by atoms with Crippen LogP contribution in [0.1, 0.15) is 36.8 Å². The minimum atomic E-state index is -0.216. The monoisotopic (exact) mass is 357 g/mol. The van der Waals surface area contributed by atoms with Gasteiger partial charge in [0.15, 0.2) is 0 Å². The molecule has 25 heavy (non-hydrogen) atoms. The highest BCUT2D eigenvalue weighted by Crippen LogP contribution is 2.23. The van der Waals surface area contributed by atoms with Gasteiger partial charge in [-0.25, -0.2) is 4.98 Å². The van der Waals surface area contributed by atoms with E-state index < -0.39 is 0 Å². The van der Waals surface area contributed by atoms with Gasteiger partial charge in [-0.15, -0.1) is 0 Å². The van der Waals surface area contributed by atoms with E-state index in [0.717, 1.165) is 31.2 Å². The van der Waals surface area contributed by atoms with Crippen molar-refractivity contribution < 1.29 is 5.11 Å². The Labute approximate surface area is 151 Å². The maximum atomic E-state index is 9.61. The average Bonchev–Trinajstić information content (AvgIpc) is 2.63. The Balaban J connectivity index is 1.69. The van der Waals surface area contributed by atoms with Gasteiger partial charge >= 0.3 is 0 Å². The number of benzene rings is 1. The molecule has 0 bridgehead atoms. The predicted molar refractivity (Wildman–Crippen MR) is 97.4 cm³/mol. The molecule has 7 heteroatoms. The van der Waals surface area contributed by atoms with E-state index in [4.69, 9.17) is 11.6 Å². The summed E-state index contributed by atoms with van der Waals surface area (Å²) in [7, 11) is 0. The second-order valence-corrected chi connectivity index (χ2v) is 6.57. The number of anilines is 2. The van der Waals surface area contributed by atoms with Crippen LogP contribution in [-0.2, 0) is 6.54 Å². The molecule has 0 saturated heterocycles. The van der Waals surface area contributed by atoms with Crippen molar-refractivity contribution in [1.29, 1.82) is 5.26 Å². The molecule has 1 aromatic carbocycles. The number of halogens is 1. The molecule has 3 rings (SSSR count). The van der Waals surface area contributed by atoms with E-state index in [1.54, 1.807) is 0 Å². The van der Waals surface area contributed by atoms with Crippen molar-refractivity contribution >= 4 is 23.4 Å². The Morgan fingerprint density at radius 2 is 2.00 bits per heavy atom. The Morgan fingerprint density at radius 3 is 2.72 bits per heavy atom. The third-order valence-corrected chi connectivity index (χ3v) is 4.71. The normalized spacial score (nSPS) is 19.9. The number of nitriles is 1. The second-order valence-electron chi connectivity index (χ2n) is 6.16. The van der Waals surface area contributed by atoms with E-state index in [1.807, 2.05) is 24.3 Å². The SMILES string of the molecule is N#Cc1cnc(NCc2ccccc2Cl)nc1N[C@H]1CC[C@@H](O)CC1. The third-order valence-electron chi connectivity index (χ3n) is 4.34. The van der Waals surface area contributed by atoms with Crippen molar-refractivity contribution in [2.75, 3.05) is 10.6 Å². The number of nitrogens with one attached hydrogen (secondary N) is 2. The lowest BCUT2D eigenvalue weighted by molar-refractivity contribution is 0.126. The van der Waals surface area contributed by atoms with Crippen LogP contribution in [0.2, 0.25) is 5.02 Å². The number of hydrogen-bond acceptors (Lipinski definition) is 6. The Hall–Kier alpha value is -2.36. The van der Waals surface area contributed by atoms with Gasteiger partial charge in [0.1, 0.15) is 17.5 Å². The third kappa shape index (κ3) is 4.59. The first-order valence-electron chi connectivity index (χ1n) is 8.34. The molecule has 0 atom stereocenters. The van der Waals surface area contributed by atoms with Crippen LogP contribution in [0.4, 0.5) is 11.8 Å². The Morgan fingerprint density at radius 1 is 1.24 bits per heavy atom. The van der Waals surface area contributed by atoms with Gasteiger partial charge in [0.05, 0.1) is 12.3 Å². The Bertz CT molecular complexity index is 768. The Kier molecular flexibility index (Phi) is 5.69. The lowest BCUT2D eigenvalue weighted by Crippen LogP contribution is -2.29. The maximum absolute atomic E-state index is 9.61. The van der Waals surface area contributed by atoms with E-state index in [2.05, 4.69) is 26.7 Å². The van der Waals surface area contributed by atoms with E-state index in [0.29, 0.717) is 28.9 Å². The van der Waals surface area contributed by atoms with Gasteiger partial charge in [0.2, 0.25) is 5.95 Å². The molecule has 0 amide bonds.